The number of nitrogens with two attached hydrogens (primary N) is 1. The van der Waals surface area contributed by atoms with E-state index in [1.807, 2.05) is 0 Å². The van der Waals surface area contributed by atoms with E-state index >= 15 is 0 Å². The molecule has 3 N–H and O–H groups in total. The molecule has 0 aromatic heterocycles. The molecule has 0 aliphatic rings. The molecule has 0 fully saturated rings. The molecule has 0 unspecified atom stereocenters. The van der Waals surface area contributed by atoms with Crippen LogP contribution in [0.2, 0.25) is 5.02 Å². The van der Waals surface area contributed by atoms with Gasteiger partial charge in [0.05, 0.1) is 17.3 Å². The van der Waals surface area contributed by atoms with E-state index in [0.717, 1.165) is 0 Å². The largest absolute Gasteiger partial charge is 0.399 e. The first-order valence-electron chi connectivity index (χ1n) is 6.27. The fraction of sp³-hybridized carbons (Fsp3) is 0.133. The summed E-state index contributed by atoms with van der Waals surface area (Å²) in [5.41, 5.74) is 7.22. The minimum Gasteiger partial charge on any atom is -0.399 e. The third-order valence-electron chi connectivity index (χ3n) is 2.90. The molecule has 6 heteroatoms. The minimum atomic E-state index is -0.346. The Kier molecular flexibility index (Phi) is 4.65. The van der Waals surface area contributed by atoms with Crippen molar-refractivity contribution in [3.05, 3.63) is 53.3 Å². The smallest absolute Gasteiger partial charge is 0.243 e. The van der Waals surface area contributed by atoms with E-state index in [2.05, 4.69) is 5.32 Å². The number of halogens is 2. The van der Waals surface area contributed by atoms with E-state index in [0.29, 0.717) is 22.1 Å². The highest BCUT2D eigenvalue weighted by atomic mass is 35.5. The molecule has 0 aliphatic heterocycles. The zero-order chi connectivity index (χ0) is 15.4. The van der Waals surface area contributed by atoms with Gasteiger partial charge >= 0.3 is 0 Å². The molecule has 0 heterocycles. The fourth-order valence-corrected chi connectivity index (χ4v) is 2.08. The van der Waals surface area contributed by atoms with Crippen molar-refractivity contribution in [2.75, 3.05) is 29.5 Å². The third-order valence-corrected chi connectivity index (χ3v) is 3.21. The number of hydrogen-bond donors (Lipinski definition) is 2. The van der Waals surface area contributed by atoms with Crippen molar-refractivity contribution in [2.45, 2.75) is 0 Å². The van der Waals surface area contributed by atoms with Gasteiger partial charge in [-0.25, -0.2) is 4.39 Å². The molecular formula is C15H15ClFN3O. The number of rotatable bonds is 4. The summed E-state index contributed by atoms with van der Waals surface area (Å²) in [7, 11) is 1.71. The summed E-state index contributed by atoms with van der Waals surface area (Å²) in [5, 5.41) is 3.06. The van der Waals surface area contributed by atoms with Gasteiger partial charge in [0.15, 0.2) is 0 Å². The van der Waals surface area contributed by atoms with Gasteiger partial charge in [-0.1, -0.05) is 17.7 Å². The van der Waals surface area contributed by atoms with Gasteiger partial charge in [-0.15, -0.1) is 0 Å². The van der Waals surface area contributed by atoms with Crippen molar-refractivity contribution in [1.29, 1.82) is 0 Å². The van der Waals surface area contributed by atoms with Gasteiger partial charge in [0.1, 0.15) is 5.82 Å². The van der Waals surface area contributed by atoms with Crippen LogP contribution < -0.4 is 16.0 Å². The maximum absolute atomic E-state index is 13.1. The maximum Gasteiger partial charge on any atom is 0.243 e. The quantitative estimate of drug-likeness (QED) is 0.853. The lowest BCUT2D eigenvalue weighted by molar-refractivity contribution is -0.114. The minimum absolute atomic E-state index is 0.0736. The normalized spacial score (nSPS) is 10.2. The molecule has 2 aromatic rings. The lowest BCUT2D eigenvalue weighted by Gasteiger charge is -2.19. The molecule has 21 heavy (non-hydrogen) atoms. The number of nitrogens with zero attached hydrogens (tertiary/aromatic N) is 1. The van der Waals surface area contributed by atoms with Crippen LogP contribution in [0.4, 0.5) is 21.5 Å². The van der Waals surface area contributed by atoms with Crippen LogP contribution in [0.25, 0.3) is 0 Å². The molecule has 1 amide bonds. The molecule has 0 saturated heterocycles. The van der Waals surface area contributed by atoms with Crippen LogP contribution >= 0.6 is 11.6 Å². The number of anilines is 3. The van der Waals surface area contributed by atoms with Crippen LogP contribution in [0.5, 0.6) is 0 Å². The highest BCUT2D eigenvalue weighted by Gasteiger charge is 2.10. The summed E-state index contributed by atoms with van der Waals surface area (Å²) in [5.74, 6) is -0.602. The van der Waals surface area contributed by atoms with Crippen molar-refractivity contribution in [3.8, 4) is 0 Å². The monoisotopic (exact) mass is 307 g/mol. The Bertz CT molecular complexity index is 663. The molecular weight excluding hydrogens is 293 g/mol. The van der Waals surface area contributed by atoms with Crippen LogP contribution in [0, 0.1) is 5.82 Å². The summed E-state index contributed by atoms with van der Waals surface area (Å²) >= 11 is 5.99. The second kappa shape index (κ2) is 6.45. The molecule has 0 atom stereocenters. The molecule has 2 aromatic carbocycles. The van der Waals surface area contributed by atoms with Gasteiger partial charge in [-0.3, -0.25) is 4.79 Å². The maximum atomic E-state index is 13.1. The van der Waals surface area contributed by atoms with Crippen molar-refractivity contribution < 1.29 is 9.18 Å². The Hall–Kier alpha value is -2.27. The Labute approximate surface area is 127 Å². The van der Waals surface area contributed by atoms with E-state index in [4.69, 9.17) is 17.3 Å². The Balaban J connectivity index is 2.01. The Morgan fingerprint density at radius 2 is 2.10 bits per heavy atom. The summed E-state index contributed by atoms with van der Waals surface area (Å²) in [6.45, 7) is 0.0736. The van der Waals surface area contributed by atoms with E-state index in [1.165, 1.54) is 12.1 Å². The number of nitrogens with one attached hydrogen (secondary N) is 1. The van der Waals surface area contributed by atoms with Crippen molar-refractivity contribution in [1.82, 2.24) is 0 Å². The lowest BCUT2D eigenvalue weighted by Crippen LogP contribution is -2.30. The second-order valence-electron chi connectivity index (χ2n) is 4.62. The fourth-order valence-electron chi connectivity index (χ4n) is 1.84. The van der Waals surface area contributed by atoms with Gasteiger partial charge in [0.25, 0.3) is 0 Å². The predicted octanol–water partition coefficient (Wildman–Crippen LogP) is 3.14. The number of carbonyl (C=O) groups excluding carboxylic acids is 1. The predicted molar refractivity (Wildman–Crippen MR) is 84.2 cm³/mol. The second-order valence-corrected chi connectivity index (χ2v) is 5.03. The highest BCUT2D eigenvalue weighted by Crippen LogP contribution is 2.24. The van der Waals surface area contributed by atoms with Crippen LogP contribution in [-0.2, 0) is 4.79 Å². The van der Waals surface area contributed by atoms with Crippen LogP contribution in [-0.4, -0.2) is 19.5 Å². The van der Waals surface area contributed by atoms with Crippen LogP contribution in [0.15, 0.2) is 42.5 Å². The molecule has 4 nitrogen and oxygen atoms in total. The number of likely N-dealkylation sites (N-methyl/N-ethyl adjacent to an activating group) is 1. The summed E-state index contributed by atoms with van der Waals surface area (Å²) in [6.07, 6.45) is 0. The molecule has 0 bridgehead atoms. The Morgan fingerprint density at radius 1 is 1.33 bits per heavy atom. The number of carbonyl (C=O) groups is 1. The van der Waals surface area contributed by atoms with Gasteiger partial charge < -0.3 is 16.0 Å². The van der Waals surface area contributed by atoms with Gasteiger partial charge in [0.2, 0.25) is 5.91 Å². The first-order valence-corrected chi connectivity index (χ1v) is 6.65. The van der Waals surface area contributed by atoms with E-state index in [9.17, 15) is 9.18 Å². The van der Waals surface area contributed by atoms with Crippen molar-refractivity contribution in [2.24, 2.45) is 0 Å². The topological polar surface area (TPSA) is 58.4 Å². The zero-order valence-corrected chi connectivity index (χ0v) is 12.2. The number of benzene rings is 2. The average Bonchev–Trinajstić information content (AvgIpc) is 2.42. The van der Waals surface area contributed by atoms with E-state index in [1.54, 1.807) is 42.3 Å². The lowest BCUT2D eigenvalue weighted by atomic mass is 10.2. The molecule has 110 valence electrons. The van der Waals surface area contributed by atoms with Crippen LogP contribution in [0.3, 0.4) is 0 Å². The molecule has 0 spiro atoms. The van der Waals surface area contributed by atoms with Gasteiger partial charge in [-0.2, -0.15) is 0 Å². The summed E-state index contributed by atoms with van der Waals surface area (Å²) in [6, 6.07) is 10.9. The molecule has 0 saturated carbocycles. The first kappa shape index (κ1) is 15.1. The molecule has 0 radical (unpaired) electrons. The van der Waals surface area contributed by atoms with E-state index < -0.39 is 0 Å². The molecule has 0 aliphatic carbocycles. The SMILES string of the molecule is CN(CC(=O)Nc1ccc(N)cc1Cl)c1cccc(F)c1. The third kappa shape index (κ3) is 4.10. The highest BCUT2D eigenvalue weighted by molar-refractivity contribution is 6.34. The number of hydrogen-bond acceptors (Lipinski definition) is 3. The van der Waals surface area contributed by atoms with Crippen LogP contribution in [0.1, 0.15) is 0 Å². The Morgan fingerprint density at radius 3 is 2.76 bits per heavy atom. The summed E-state index contributed by atoms with van der Waals surface area (Å²) < 4.78 is 13.1. The summed E-state index contributed by atoms with van der Waals surface area (Å²) in [4.78, 5) is 13.6. The average molecular weight is 308 g/mol. The van der Waals surface area contributed by atoms with E-state index in [-0.39, 0.29) is 18.3 Å². The van der Waals surface area contributed by atoms with Gasteiger partial charge in [0, 0.05) is 18.4 Å². The standard InChI is InChI=1S/C15H15ClFN3O/c1-20(12-4-2-3-10(17)7-12)9-15(21)19-14-6-5-11(18)8-13(14)16/h2-8H,9,18H2,1H3,(H,19,21). The zero-order valence-electron chi connectivity index (χ0n) is 11.4. The number of nitrogen functional groups attached to an aromatic ring is 1. The molecule has 2 rings (SSSR count). The van der Waals surface area contributed by atoms with Gasteiger partial charge in [-0.05, 0) is 36.4 Å². The van der Waals surface area contributed by atoms with Crippen molar-refractivity contribution in [3.63, 3.8) is 0 Å². The first-order chi connectivity index (χ1) is 9.95. The van der Waals surface area contributed by atoms with Crippen molar-refractivity contribution >= 4 is 34.6 Å². The number of amides is 1.